The van der Waals surface area contributed by atoms with Gasteiger partial charge >= 0.3 is 29.8 Å². The van der Waals surface area contributed by atoms with Crippen LogP contribution in [0.15, 0.2) is 66.2 Å². The third-order valence-corrected chi connectivity index (χ3v) is 11.4. The predicted octanol–water partition coefficient (Wildman–Crippen LogP) is 6.52. The summed E-state index contributed by atoms with van der Waals surface area (Å²) in [5, 5.41) is 2.04. The number of thioether (sulfide) groups is 1. The van der Waals surface area contributed by atoms with E-state index >= 15 is 0 Å². The number of carbonyl (C=O) groups is 6. The molecule has 0 radical (unpaired) electrons. The number of carbonyl (C=O) groups excluding carboxylic acids is 6. The summed E-state index contributed by atoms with van der Waals surface area (Å²) < 4.78 is 19.1. The minimum absolute atomic E-state index is 0.106. The topological polar surface area (TPSA) is 146 Å². The lowest BCUT2D eigenvalue weighted by atomic mass is 9.98. The van der Waals surface area contributed by atoms with Gasteiger partial charge in [-0.25, -0.2) is 9.59 Å². The van der Waals surface area contributed by atoms with Crippen molar-refractivity contribution in [2.45, 2.75) is 57.5 Å². The maximum Gasteiger partial charge on any atom is 0.327 e. The van der Waals surface area contributed by atoms with Crippen LogP contribution in [-0.2, 0) is 55.9 Å². The number of hydrogen-bond donors (Lipinski definition) is 0. The summed E-state index contributed by atoms with van der Waals surface area (Å²) in [4.78, 5) is 72.3. The fourth-order valence-electron chi connectivity index (χ4n) is 6.21. The Hall–Kier alpha value is -4.05. The number of benzene rings is 2. The highest BCUT2D eigenvalue weighted by atomic mass is 35.5. The summed E-state index contributed by atoms with van der Waals surface area (Å²) in [5.41, 5.74) is 3.62. The zero-order valence-electron chi connectivity index (χ0n) is 30.3. The van der Waals surface area contributed by atoms with Gasteiger partial charge in [-0.15, -0.1) is 11.3 Å². The van der Waals surface area contributed by atoms with E-state index in [1.807, 2.05) is 52.3 Å². The standard InChI is InChI=1S/C18H18ClNO4S.C16H16ClNO3S.C4H6O3/c1-11(21)24-16-9-12-10-20(8-7-15(12)25-16)17(18(22)23-2)13-5-3-4-6-14(13)19;1-21-16(20)15(11-4-2-3-5-12(11)17)18-7-6-13-10(9-18)8-14(19)22-13;1-3(5)7-4(2)6/h3-6,9,17H,7-8,10H2,1-2H3;2-5,8,13,15H,6-7,9H2,1H3;1-2H3/t17-;13?,15-;/m11./s1. The van der Waals surface area contributed by atoms with E-state index in [1.54, 1.807) is 18.2 Å². The molecule has 0 N–H and O–H groups in total. The van der Waals surface area contributed by atoms with Gasteiger partial charge in [-0.3, -0.25) is 29.0 Å². The zero-order chi connectivity index (χ0) is 39.5. The Morgan fingerprint density at radius 2 is 1.31 bits per heavy atom. The Morgan fingerprint density at radius 1 is 0.778 bits per heavy atom. The number of nitrogens with zero attached hydrogens (tertiary/aromatic N) is 2. The number of fused-ring (bicyclic) bond motifs is 2. The number of likely N-dealkylation sites (tertiary alicyclic amines) is 1. The number of halogens is 2. The first-order valence-corrected chi connectivity index (χ1v) is 19.2. The summed E-state index contributed by atoms with van der Waals surface area (Å²) in [6.45, 7) is 6.33. The highest BCUT2D eigenvalue weighted by Gasteiger charge is 2.38. The van der Waals surface area contributed by atoms with Crippen molar-refractivity contribution >= 4 is 81.3 Å². The lowest BCUT2D eigenvalue weighted by Crippen LogP contribution is -2.42. The second-order valence-corrected chi connectivity index (χ2v) is 15.3. The monoisotopic (exact) mass is 818 g/mol. The SMILES string of the molecule is CC(=O)OC(C)=O.COC(=O)[C@@H](c1ccccc1Cl)N1CCC2SC(=O)C=C2C1.COC(=O)[C@@H](c1ccccc1Cl)N1CCc2sc(OC(C)=O)cc2C1. The molecule has 0 bridgehead atoms. The van der Waals surface area contributed by atoms with Crippen LogP contribution in [0, 0.1) is 0 Å². The average molecular weight is 820 g/mol. The van der Waals surface area contributed by atoms with Crippen LogP contribution in [0.1, 0.15) is 60.8 Å². The maximum absolute atomic E-state index is 12.4. The molecule has 1 fully saturated rings. The molecule has 4 heterocycles. The first kappa shape index (κ1) is 42.7. The molecule has 6 rings (SSSR count). The molecule has 0 saturated carbocycles. The predicted molar refractivity (Wildman–Crippen MR) is 205 cm³/mol. The molecular formula is C38H40Cl2N2O10S2. The molecule has 12 nitrogen and oxygen atoms in total. The van der Waals surface area contributed by atoms with E-state index in [9.17, 15) is 28.8 Å². The van der Waals surface area contributed by atoms with Crippen LogP contribution in [-0.4, -0.2) is 83.9 Å². The molecule has 3 aromatic rings. The molecule has 288 valence electrons. The molecule has 0 spiro atoms. The van der Waals surface area contributed by atoms with E-state index in [1.165, 1.54) is 63.0 Å². The van der Waals surface area contributed by atoms with Crippen molar-refractivity contribution in [2.24, 2.45) is 0 Å². The van der Waals surface area contributed by atoms with E-state index in [-0.39, 0.29) is 28.3 Å². The van der Waals surface area contributed by atoms with Gasteiger partial charge in [-0.1, -0.05) is 71.4 Å². The zero-order valence-corrected chi connectivity index (χ0v) is 33.4. The number of rotatable bonds is 7. The quantitative estimate of drug-likeness (QED) is 0.145. The van der Waals surface area contributed by atoms with Gasteiger partial charge in [-0.2, -0.15) is 0 Å². The lowest BCUT2D eigenvalue weighted by molar-refractivity contribution is -0.156. The largest absolute Gasteiger partial charge is 0.468 e. The van der Waals surface area contributed by atoms with E-state index in [4.69, 9.17) is 37.4 Å². The van der Waals surface area contributed by atoms with E-state index in [0.29, 0.717) is 34.7 Å². The summed E-state index contributed by atoms with van der Waals surface area (Å²) >= 11 is 15.4. The van der Waals surface area contributed by atoms with Crippen molar-refractivity contribution in [1.29, 1.82) is 0 Å². The number of methoxy groups -OCH3 is 2. The minimum Gasteiger partial charge on any atom is -0.468 e. The molecular weight excluding hydrogens is 779 g/mol. The molecule has 1 aromatic heterocycles. The second kappa shape index (κ2) is 20.0. The van der Waals surface area contributed by atoms with Gasteiger partial charge in [0.25, 0.3) is 0 Å². The van der Waals surface area contributed by atoms with Crippen molar-refractivity contribution in [2.75, 3.05) is 33.9 Å². The smallest absolute Gasteiger partial charge is 0.327 e. The van der Waals surface area contributed by atoms with Gasteiger partial charge < -0.3 is 18.9 Å². The first-order valence-electron chi connectivity index (χ1n) is 16.7. The van der Waals surface area contributed by atoms with Gasteiger partial charge in [0.15, 0.2) is 5.06 Å². The second-order valence-electron chi connectivity index (χ2n) is 12.2. The fraction of sp³-hybridized carbons (Fsp3) is 0.368. The minimum atomic E-state index is -0.566. The van der Waals surface area contributed by atoms with Gasteiger partial charge in [-0.05, 0) is 59.4 Å². The Kier molecular flexibility index (Phi) is 15.8. The molecule has 1 saturated heterocycles. The van der Waals surface area contributed by atoms with E-state index < -0.39 is 24.0 Å². The van der Waals surface area contributed by atoms with Gasteiger partial charge in [0.1, 0.15) is 12.1 Å². The number of thiophene rings is 1. The highest BCUT2D eigenvalue weighted by Crippen LogP contribution is 2.40. The fourth-order valence-corrected chi connectivity index (χ4v) is 8.75. The van der Waals surface area contributed by atoms with Gasteiger partial charge in [0.2, 0.25) is 5.12 Å². The molecule has 0 amide bonds. The number of ether oxygens (including phenoxy) is 4. The highest BCUT2D eigenvalue weighted by molar-refractivity contribution is 8.15. The van der Waals surface area contributed by atoms with Crippen LogP contribution in [0.3, 0.4) is 0 Å². The Bertz CT molecular complexity index is 1900. The summed E-state index contributed by atoms with van der Waals surface area (Å²) in [6, 6.07) is 15.4. The summed E-state index contributed by atoms with van der Waals surface area (Å²) in [5.74, 6) is -2.13. The summed E-state index contributed by atoms with van der Waals surface area (Å²) in [6.07, 6.45) is 3.32. The normalized spacial score (nSPS) is 17.4. The van der Waals surface area contributed by atoms with Crippen molar-refractivity contribution in [3.8, 4) is 5.06 Å². The molecule has 54 heavy (non-hydrogen) atoms. The van der Waals surface area contributed by atoms with Gasteiger partial charge in [0.05, 0.1) is 14.2 Å². The Balaban J connectivity index is 0.000000206. The van der Waals surface area contributed by atoms with Crippen LogP contribution in [0.25, 0.3) is 0 Å². The van der Waals surface area contributed by atoms with Crippen LogP contribution >= 0.6 is 46.3 Å². The molecule has 1 unspecified atom stereocenters. The number of hydrogen-bond acceptors (Lipinski definition) is 14. The van der Waals surface area contributed by atoms with Crippen molar-refractivity contribution in [3.05, 3.63) is 97.9 Å². The summed E-state index contributed by atoms with van der Waals surface area (Å²) in [7, 11) is 2.76. The third kappa shape index (κ3) is 11.5. The lowest BCUT2D eigenvalue weighted by Gasteiger charge is -2.36. The molecule has 3 aliphatic heterocycles. The van der Waals surface area contributed by atoms with Crippen LogP contribution < -0.4 is 4.74 Å². The van der Waals surface area contributed by atoms with E-state index in [0.717, 1.165) is 41.6 Å². The van der Waals surface area contributed by atoms with Crippen molar-refractivity contribution in [3.63, 3.8) is 0 Å². The maximum atomic E-state index is 12.4. The van der Waals surface area contributed by atoms with Crippen LogP contribution in [0.5, 0.6) is 5.06 Å². The number of esters is 5. The molecule has 3 atom stereocenters. The van der Waals surface area contributed by atoms with Crippen molar-refractivity contribution in [1.82, 2.24) is 9.80 Å². The van der Waals surface area contributed by atoms with Crippen LogP contribution in [0.4, 0.5) is 0 Å². The van der Waals surface area contributed by atoms with E-state index in [2.05, 4.69) is 4.74 Å². The first-order chi connectivity index (χ1) is 25.7. The van der Waals surface area contributed by atoms with Crippen molar-refractivity contribution < 1.29 is 47.7 Å². The molecule has 3 aliphatic rings. The van der Waals surface area contributed by atoms with Gasteiger partial charge in [0, 0.05) is 67.1 Å². The van der Waals surface area contributed by atoms with Crippen LogP contribution in [0.2, 0.25) is 10.0 Å². The Morgan fingerprint density at radius 3 is 1.80 bits per heavy atom. The molecule has 16 heteroatoms. The number of piperidine rings is 1. The molecule has 2 aromatic carbocycles. The molecule has 0 aliphatic carbocycles. The Labute approximate surface area is 331 Å². The average Bonchev–Trinajstić information content (AvgIpc) is 3.70. The third-order valence-electron chi connectivity index (χ3n) is 8.42.